The van der Waals surface area contributed by atoms with Gasteiger partial charge in [0.1, 0.15) is 5.82 Å². The van der Waals surface area contributed by atoms with Crippen molar-refractivity contribution < 1.29 is 18.3 Å². The highest BCUT2D eigenvalue weighted by Gasteiger charge is 2.16. The van der Waals surface area contributed by atoms with E-state index in [2.05, 4.69) is 10.2 Å². The van der Waals surface area contributed by atoms with E-state index in [1.165, 1.54) is 41.0 Å². The van der Waals surface area contributed by atoms with Crippen LogP contribution in [-0.2, 0) is 11.3 Å². The number of halogens is 2. The van der Waals surface area contributed by atoms with Crippen molar-refractivity contribution in [2.24, 2.45) is 0 Å². The van der Waals surface area contributed by atoms with Crippen LogP contribution in [0.15, 0.2) is 47.6 Å². The minimum Gasteiger partial charge on any atom is -0.494 e. The molecule has 0 radical (unpaired) electrons. The first-order chi connectivity index (χ1) is 13.9. The number of aromatic nitrogens is 3. The van der Waals surface area contributed by atoms with Crippen molar-refractivity contribution in [1.29, 1.82) is 0 Å². The van der Waals surface area contributed by atoms with E-state index in [4.69, 9.17) is 10.6 Å². The first-order valence-corrected chi connectivity index (χ1v) is 9.53. The van der Waals surface area contributed by atoms with Gasteiger partial charge in [0.05, 0.1) is 12.9 Å². The number of carbonyl (C=O) groups excluding carboxylic acids is 1. The predicted octanol–water partition coefficient (Wildman–Crippen LogP) is 2.70. The van der Waals surface area contributed by atoms with E-state index in [1.54, 1.807) is 25.2 Å². The van der Waals surface area contributed by atoms with E-state index in [1.807, 2.05) is 0 Å². The molecule has 0 atom stereocenters. The van der Waals surface area contributed by atoms with E-state index < -0.39 is 5.82 Å². The molecule has 0 saturated carbocycles. The molecule has 0 aliphatic heterocycles. The highest BCUT2D eigenvalue weighted by molar-refractivity contribution is 7.99. The zero-order valence-corrected chi connectivity index (χ0v) is 16.6. The summed E-state index contributed by atoms with van der Waals surface area (Å²) in [6.07, 6.45) is 0. The van der Waals surface area contributed by atoms with E-state index >= 15 is 0 Å². The quantitative estimate of drug-likeness (QED) is 0.468. The molecule has 7 nitrogen and oxygen atoms in total. The number of nitrogens with zero attached hydrogens (tertiary/aromatic N) is 4. The third kappa shape index (κ3) is 4.83. The van der Waals surface area contributed by atoms with Crippen LogP contribution < -0.4 is 10.6 Å². The molecule has 0 saturated heterocycles. The van der Waals surface area contributed by atoms with Gasteiger partial charge in [0, 0.05) is 19.2 Å². The van der Waals surface area contributed by atoms with Gasteiger partial charge >= 0.3 is 0 Å². The van der Waals surface area contributed by atoms with Gasteiger partial charge in [-0.3, -0.25) is 4.79 Å². The van der Waals surface area contributed by atoms with Crippen LogP contribution in [0.3, 0.4) is 0 Å². The SMILES string of the molecule is COc1ccc(CN(C)C(=O)CSc2nnc(-c3ccc(F)cc3)n2N)cc1F. The minimum atomic E-state index is -0.482. The summed E-state index contributed by atoms with van der Waals surface area (Å²) in [5.41, 5.74) is 1.25. The molecule has 0 spiro atoms. The Morgan fingerprint density at radius 3 is 2.59 bits per heavy atom. The maximum atomic E-state index is 13.8. The fourth-order valence-corrected chi connectivity index (χ4v) is 3.38. The Balaban J connectivity index is 1.60. The Bertz CT molecular complexity index is 1010. The second-order valence-electron chi connectivity index (χ2n) is 6.19. The van der Waals surface area contributed by atoms with Gasteiger partial charge in [0.2, 0.25) is 11.1 Å². The molecule has 2 N–H and O–H groups in total. The summed E-state index contributed by atoms with van der Waals surface area (Å²) >= 11 is 1.13. The number of rotatable bonds is 7. The maximum Gasteiger partial charge on any atom is 0.233 e. The standard InChI is InChI=1S/C19H19F2N5O2S/c1-25(10-12-3-8-16(28-2)15(21)9-12)17(27)11-29-19-24-23-18(26(19)22)13-4-6-14(20)7-5-13/h3-9H,10-11,22H2,1-2H3. The minimum absolute atomic E-state index is 0.0773. The summed E-state index contributed by atoms with van der Waals surface area (Å²) in [5.74, 6) is 5.56. The Labute approximate surface area is 170 Å². The van der Waals surface area contributed by atoms with Crippen LogP contribution >= 0.6 is 11.8 Å². The molecule has 10 heteroatoms. The molecule has 0 unspecified atom stereocenters. The van der Waals surface area contributed by atoms with Crippen LogP contribution in [-0.4, -0.2) is 45.6 Å². The number of benzene rings is 2. The number of thioether (sulfide) groups is 1. The summed E-state index contributed by atoms with van der Waals surface area (Å²) in [4.78, 5) is 13.9. The molecule has 0 fully saturated rings. The second kappa shape index (κ2) is 8.91. The molecule has 152 valence electrons. The highest BCUT2D eigenvalue weighted by Crippen LogP contribution is 2.22. The van der Waals surface area contributed by atoms with Gasteiger partial charge in [-0.25, -0.2) is 13.5 Å². The number of hydrogen-bond donors (Lipinski definition) is 1. The smallest absolute Gasteiger partial charge is 0.233 e. The number of amides is 1. The number of nitrogen functional groups attached to an aromatic ring is 1. The summed E-state index contributed by atoms with van der Waals surface area (Å²) in [6, 6.07) is 10.2. The number of methoxy groups -OCH3 is 1. The highest BCUT2D eigenvalue weighted by atomic mass is 32.2. The number of nitrogens with two attached hydrogens (primary N) is 1. The lowest BCUT2D eigenvalue weighted by atomic mass is 10.2. The maximum absolute atomic E-state index is 13.8. The monoisotopic (exact) mass is 419 g/mol. The van der Waals surface area contributed by atoms with Gasteiger partial charge in [0.15, 0.2) is 17.4 Å². The van der Waals surface area contributed by atoms with E-state index in [0.29, 0.717) is 22.1 Å². The first kappa shape index (κ1) is 20.6. The molecule has 1 heterocycles. The van der Waals surface area contributed by atoms with Crippen LogP contribution in [0.2, 0.25) is 0 Å². The molecule has 0 aliphatic rings. The molecule has 2 aromatic carbocycles. The Morgan fingerprint density at radius 2 is 1.93 bits per heavy atom. The van der Waals surface area contributed by atoms with Crippen molar-refractivity contribution >= 4 is 17.7 Å². The molecular weight excluding hydrogens is 400 g/mol. The third-order valence-electron chi connectivity index (χ3n) is 4.15. The van der Waals surface area contributed by atoms with Gasteiger partial charge < -0.3 is 15.5 Å². The van der Waals surface area contributed by atoms with E-state index in [0.717, 1.165) is 11.8 Å². The van der Waals surface area contributed by atoms with Crippen molar-refractivity contribution in [2.45, 2.75) is 11.7 Å². The number of ether oxygens (including phenoxy) is 1. The zero-order chi connectivity index (χ0) is 21.0. The topological polar surface area (TPSA) is 86.3 Å². The zero-order valence-electron chi connectivity index (χ0n) is 15.8. The van der Waals surface area contributed by atoms with Gasteiger partial charge in [-0.2, -0.15) is 0 Å². The van der Waals surface area contributed by atoms with Crippen LogP contribution in [0.1, 0.15) is 5.56 Å². The Morgan fingerprint density at radius 1 is 1.21 bits per heavy atom. The van der Waals surface area contributed by atoms with Crippen molar-refractivity contribution in [1.82, 2.24) is 19.8 Å². The average Bonchev–Trinajstić information content (AvgIpc) is 3.07. The van der Waals surface area contributed by atoms with Gasteiger partial charge in [0.25, 0.3) is 0 Å². The normalized spacial score (nSPS) is 10.8. The summed E-state index contributed by atoms with van der Waals surface area (Å²) < 4.78 is 33.0. The van der Waals surface area contributed by atoms with Crippen LogP contribution in [0.5, 0.6) is 5.75 Å². The first-order valence-electron chi connectivity index (χ1n) is 8.54. The number of hydrogen-bond acceptors (Lipinski definition) is 6. The molecule has 3 aromatic rings. The Kier molecular flexibility index (Phi) is 6.32. The lowest BCUT2D eigenvalue weighted by Crippen LogP contribution is -2.28. The van der Waals surface area contributed by atoms with Crippen LogP contribution in [0, 0.1) is 11.6 Å². The second-order valence-corrected chi connectivity index (χ2v) is 7.13. The summed E-state index contributed by atoms with van der Waals surface area (Å²) in [5, 5.41) is 8.33. The molecule has 29 heavy (non-hydrogen) atoms. The van der Waals surface area contributed by atoms with Crippen molar-refractivity contribution in [3.05, 3.63) is 59.7 Å². The number of carbonyl (C=O) groups is 1. The fraction of sp³-hybridized carbons (Fsp3) is 0.211. The molecule has 0 bridgehead atoms. The summed E-state index contributed by atoms with van der Waals surface area (Å²) in [6.45, 7) is 0.246. The Hall–Kier alpha value is -3.14. The largest absolute Gasteiger partial charge is 0.494 e. The molecular formula is C19H19F2N5O2S. The van der Waals surface area contributed by atoms with Crippen molar-refractivity contribution in [2.75, 3.05) is 25.8 Å². The van der Waals surface area contributed by atoms with Crippen molar-refractivity contribution in [3.8, 4) is 17.1 Å². The van der Waals surface area contributed by atoms with Crippen LogP contribution in [0.25, 0.3) is 11.4 Å². The fourth-order valence-electron chi connectivity index (χ4n) is 2.58. The lowest BCUT2D eigenvalue weighted by Gasteiger charge is -2.17. The molecule has 3 rings (SSSR count). The van der Waals surface area contributed by atoms with E-state index in [-0.39, 0.29) is 29.8 Å². The summed E-state index contributed by atoms with van der Waals surface area (Å²) in [7, 11) is 3.02. The van der Waals surface area contributed by atoms with Crippen molar-refractivity contribution in [3.63, 3.8) is 0 Å². The molecule has 0 aliphatic carbocycles. The van der Waals surface area contributed by atoms with Gasteiger partial charge in [-0.15, -0.1) is 10.2 Å². The average molecular weight is 419 g/mol. The molecule has 1 amide bonds. The molecule has 1 aromatic heterocycles. The lowest BCUT2D eigenvalue weighted by molar-refractivity contribution is -0.127. The van der Waals surface area contributed by atoms with Gasteiger partial charge in [-0.05, 0) is 42.0 Å². The van der Waals surface area contributed by atoms with E-state index in [9.17, 15) is 13.6 Å². The van der Waals surface area contributed by atoms with Gasteiger partial charge in [-0.1, -0.05) is 17.8 Å². The third-order valence-corrected chi connectivity index (χ3v) is 5.08. The predicted molar refractivity (Wildman–Crippen MR) is 106 cm³/mol. The van der Waals surface area contributed by atoms with Crippen LogP contribution in [0.4, 0.5) is 8.78 Å².